The first kappa shape index (κ1) is 12.7. The molecule has 2 nitrogen and oxygen atoms in total. The van der Waals surface area contributed by atoms with Gasteiger partial charge in [0.2, 0.25) is 0 Å². The summed E-state index contributed by atoms with van der Waals surface area (Å²) in [7, 11) is 1.96. The van der Waals surface area contributed by atoms with E-state index < -0.39 is 0 Å². The highest BCUT2D eigenvalue weighted by Crippen LogP contribution is 1.86. The van der Waals surface area contributed by atoms with Crippen LogP contribution >= 0.6 is 24.0 Å². The molecule has 0 N–H and O–H groups in total. The Labute approximate surface area is 73.2 Å². The van der Waals surface area contributed by atoms with Gasteiger partial charge in [-0.3, -0.25) is 0 Å². The van der Waals surface area contributed by atoms with Crippen LogP contribution in [0.15, 0.2) is 0 Å². The highest BCUT2D eigenvalue weighted by Gasteiger charge is 1.93. The maximum absolute atomic E-state index is 8.17. The zero-order valence-electron chi connectivity index (χ0n) is 6.01. The van der Waals surface area contributed by atoms with E-state index in [4.69, 9.17) is 16.9 Å². The first-order valence-electron chi connectivity index (χ1n) is 2.92. The van der Waals surface area contributed by atoms with Gasteiger partial charge in [0.25, 0.3) is 0 Å². The molecule has 0 radical (unpaired) electrons. The molecule has 0 saturated heterocycles. The van der Waals surface area contributed by atoms with Crippen LogP contribution in [0.3, 0.4) is 0 Å². The highest BCUT2D eigenvalue weighted by atomic mass is 35.5. The smallest absolute Gasteiger partial charge is 0.0635 e. The SMILES string of the molecule is CN(CCCl)CCC#N.Cl. The maximum atomic E-state index is 8.17. The van der Waals surface area contributed by atoms with Crippen LogP contribution in [0.1, 0.15) is 6.42 Å². The predicted molar refractivity (Wildman–Crippen MR) is 45.7 cm³/mol. The molecule has 0 saturated carbocycles. The van der Waals surface area contributed by atoms with Gasteiger partial charge < -0.3 is 4.90 Å². The van der Waals surface area contributed by atoms with E-state index in [-0.39, 0.29) is 12.4 Å². The number of alkyl halides is 1. The highest BCUT2D eigenvalue weighted by molar-refractivity contribution is 6.18. The quantitative estimate of drug-likeness (QED) is 0.617. The fourth-order valence-corrected chi connectivity index (χ4v) is 0.785. The van der Waals surface area contributed by atoms with Crippen molar-refractivity contribution >= 4 is 24.0 Å². The maximum Gasteiger partial charge on any atom is 0.0635 e. The summed E-state index contributed by atoms with van der Waals surface area (Å²) >= 11 is 5.45. The van der Waals surface area contributed by atoms with Crippen LogP contribution in [0.2, 0.25) is 0 Å². The third-order valence-electron chi connectivity index (χ3n) is 1.07. The fraction of sp³-hybridized carbons (Fsp3) is 0.833. The molecule has 0 heterocycles. The van der Waals surface area contributed by atoms with E-state index in [0.29, 0.717) is 12.3 Å². The minimum absolute atomic E-state index is 0. The van der Waals surface area contributed by atoms with E-state index in [2.05, 4.69) is 6.07 Å². The third kappa shape index (κ3) is 8.03. The monoisotopic (exact) mass is 182 g/mol. The Balaban J connectivity index is 0. The lowest BCUT2D eigenvalue weighted by molar-refractivity contribution is 0.364. The molecule has 0 unspecified atom stereocenters. The van der Waals surface area contributed by atoms with Crippen LogP contribution in [-0.2, 0) is 0 Å². The van der Waals surface area contributed by atoms with Crippen molar-refractivity contribution in [3.05, 3.63) is 0 Å². The lowest BCUT2D eigenvalue weighted by Gasteiger charge is -2.11. The summed E-state index contributed by atoms with van der Waals surface area (Å²) in [4.78, 5) is 2.04. The van der Waals surface area contributed by atoms with Crippen molar-refractivity contribution in [3.8, 4) is 6.07 Å². The van der Waals surface area contributed by atoms with Gasteiger partial charge in [-0.2, -0.15) is 5.26 Å². The summed E-state index contributed by atoms with van der Waals surface area (Å²) in [6, 6.07) is 2.07. The van der Waals surface area contributed by atoms with Gasteiger partial charge in [0, 0.05) is 25.4 Å². The van der Waals surface area contributed by atoms with Crippen molar-refractivity contribution in [2.45, 2.75) is 6.42 Å². The molecular weight excluding hydrogens is 171 g/mol. The van der Waals surface area contributed by atoms with Crippen LogP contribution < -0.4 is 0 Å². The van der Waals surface area contributed by atoms with E-state index in [1.165, 1.54) is 0 Å². The largest absolute Gasteiger partial charge is 0.304 e. The Morgan fingerprint density at radius 2 is 2.10 bits per heavy atom. The lowest BCUT2D eigenvalue weighted by Crippen LogP contribution is -2.21. The van der Waals surface area contributed by atoms with Crippen LogP contribution in [0, 0.1) is 11.3 Å². The summed E-state index contributed by atoms with van der Waals surface area (Å²) in [5.74, 6) is 0.641. The minimum Gasteiger partial charge on any atom is -0.304 e. The summed E-state index contributed by atoms with van der Waals surface area (Å²) in [6.07, 6.45) is 0.591. The Bertz CT molecular complexity index is 100. The van der Waals surface area contributed by atoms with Crippen molar-refractivity contribution in [1.29, 1.82) is 5.26 Å². The molecule has 0 aliphatic rings. The second-order valence-corrected chi connectivity index (χ2v) is 2.28. The molecule has 0 aromatic rings. The fourth-order valence-electron chi connectivity index (χ4n) is 0.497. The van der Waals surface area contributed by atoms with Gasteiger partial charge in [-0.15, -0.1) is 24.0 Å². The summed E-state index contributed by atoms with van der Waals surface area (Å²) < 4.78 is 0. The zero-order valence-corrected chi connectivity index (χ0v) is 7.58. The number of nitrogens with zero attached hydrogens (tertiary/aromatic N) is 2. The standard InChI is InChI=1S/C6H11ClN2.ClH/c1-9(6-3-7)5-2-4-8;/h2-3,5-6H2,1H3;1H. The summed E-state index contributed by atoms with van der Waals surface area (Å²) in [5, 5.41) is 8.17. The molecule has 0 bridgehead atoms. The van der Waals surface area contributed by atoms with Crippen LogP contribution in [0.25, 0.3) is 0 Å². The summed E-state index contributed by atoms with van der Waals surface area (Å²) in [5.41, 5.74) is 0. The van der Waals surface area contributed by atoms with E-state index in [0.717, 1.165) is 13.1 Å². The van der Waals surface area contributed by atoms with E-state index >= 15 is 0 Å². The van der Waals surface area contributed by atoms with Gasteiger partial charge >= 0.3 is 0 Å². The van der Waals surface area contributed by atoms with Gasteiger partial charge in [-0.25, -0.2) is 0 Å². The van der Waals surface area contributed by atoms with Crippen molar-refractivity contribution in [3.63, 3.8) is 0 Å². The van der Waals surface area contributed by atoms with Gasteiger partial charge in [0.05, 0.1) is 6.07 Å². The number of nitriles is 1. The van der Waals surface area contributed by atoms with Gasteiger partial charge in [0.15, 0.2) is 0 Å². The van der Waals surface area contributed by atoms with Crippen molar-refractivity contribution in [2.24, 2.45) is 0 Å². The number of halogens is 2. The van der Waals surface area contributed by atoms with E-state index in [1.807, 2.05) is 11.9 Å². The molecule has 0 aliphatic heterocycles. The molecule has 10 heavy (non-hydrogen) atoms. The average Bonchev–Trinajstić information content (AvgIpc) is 1.85. The molecule has 0 amide bonds. The van der Waals surface area contributed by atoms with E-state index in [1.54, 1.807) is 0 Å². The second-order valence-electron chi connectivity index (χ2n) is 1.90. The molecule has 0 fully saturated rings. The normalized spacial score (nSPS) is 8.60. The minimum atomic E-state index is 0. The first-order chi connectivity index (χ1) is 4.31. The third-order valence-corrected chi connectivity index (χ3v) is 1.24. The topological polar surface area (TPSA) is 27.0 Å². The Morgan fingerprint density at radius 1 is 1.50 bits per heavy atom. The van der Waals surface area contributed by atoms with Gasteiger partial charge in [0.1, 0.15) is 0 Å². The summed E-state index contributed by atoms with van der Waals surface area (Å²) in [6.45, 7) is 1.69. The van der Waals surface area contributed by atoms with Crippen LogP contribution in [0.4, 0.5) is 0 Å². The first-order valence-corrected chi connectivity index (χ1v) is 3.46. The van der Waals surface area contributed by atoms with Crippen molar-refractivity contribution in [2.75, 3.05) is 26.0 Å². The van der Waals surface area contributed by atoms with Gasteiger partial charge in [-0.05, 0) is 7.05 Å². The van der Waals surface area contributed by atoms with Crippen molar-refractivity contribution in [1.82, 2.24) is 4.90 Å². The Kier molecular flexibility index (Phi) is 11.5. The van der Waals surface area contributed by atoms with Gasteiger partial charge in [-0.1, -0.05) is 0 Å². The molecule has 0 aliphatic carbocycles. The van der Waals surface area contributed by atoms with Crippen molar-refractivity contribution < 1.29 is 0 Å². The number of hydrogen-bond acceptors (Lipinski definition) is 2. The Hall–Kier alpha value is 0.0300. The molecule has 0 atom stereocenters. The average molecular weight is 183 g/mol. The second kappa shape index (κ2) is 9.03. The van der Waals surface area contributed by atoms with E-state index in [9.17, 15) is 0 Å². The lowest BCUT2D eigenvalue weighted by atomic mass is 10.4. The molecule has 0 rings (SSSR count). The zero-order chi connectivity index (χ0) is 7.11. The molecule has 60 valence electrons. The molecular formula is C6H12Cl2N2. The predicted octanol–water partition coefficient (Wildman–Crippen LogP) is 1.49. The molecule has 0 spiro atoms. The van der Waals surface area contributed by atoms with Crippen LogP contribution in [-0.4, -0.2) is 30.9 Å². The molecule has 0 aromatic heterocycles. The Morgan fingerprint density at radius 3 is 2.50 bits per heavy atom. The molecule has 4 heteroatoms. The number of hydrogen-bond donors (Lipinski definition) is 0. The number of rotatable bonds is 4. The van der Waals surface area contributed by atoms with Crippen LogP contribution in [0.5, 0.6) is 0 Å². The molecule has 0 aromatic carbocycles.